The van der Waals surface area contributed by atoms with E-state index in [4.69, 9.17) is 5.73 Å². The second-order valence-electron chi connectivity index (χ2n) is 9.35. The lowest BCUT2D eigenvalue weighted by Gasteiger charge is -2.35. The normalized spacial score (nSPS) is 20.0. The summed E-state index contributed by atoms with van der Waals surface area (Å²) >= 11 is 3.35. The van der Waals surface area contributed by atoms with Gasteiger partial charge >= 0.3 is 17.8 Å². The molecule has 0 radical (unpaired) electrons. The third kappa shape index (κ3) is 3.75. The number of carbonyl (C=O) groups is 3. The minimum absolute atomic E-state index is 0.0980. The number of anilines is 2. The van der Waals surface area contributed by atoms with Crippen molar-refractivity contribution >= 4 is 62.3 Å². The molecule has 6 rings (SSSR count). The van der Waals surface area contributed by atoms with Crippen LogP contribution in [0.4, 0.5) is 17.1 Å². The molecule has 0 bridgehead atoms. The fraction of sp³-hybridized carbons (Fsp3) is 0.0323. The maximum absolute atomic E-state index is 14.9. The van der Waals surface area contributed by atoms with Crippen LogP contribution in [0.2, 0.25) is 0 Å². The molecule has 2 amide bonds. The van der Waals surface area contributed by atoms with Crippen LogP contribution in [0.15, 0.2) is 119 Å². The van der Waals surface area contributed by atoms with E-state index in [0.717, 1.165) is 4.90 Å². The number of phenolic OH excluding ortho intramolecular Hbond substituents is 1. The summed E-state index contributed by atoms with van der Waals surface area (Å²) in [6.45, 7) is 0. The van der Waals surface area contributed by atoms with Gasteiger partial charge in [0.15, 0.2) is 0 Å². The number of phenols is 1. The van der Waals surface area contributed by atoms with Crippen LogP contribution in [0.3, 0.4) is 0 Å². The number of carbonyl (C=O) groups excluding carboxylic acids is 3. The van der Waals surface area contributed by atoms with E-state index in [1.807, 2.05) is 0 Å². The van der Waals surface area contributed by atoms with Crippen molar-refractivity contribution in [2.45, 2.75) is 5.66 Å². The van der Waals surface area contributed by atoms with Crippen LogP contribution in [-0.4, -0.2) is 38.9 Å². The number of para-hydroxylation sites is 2. The lowest BCUT2D eigenvalue weighted by molar-refractivity contribution is -0.495. The van der Waals surface area contributed by atoms with Gasteiger partial charge in [0.05, 0.1) is 11.3 Å². The molecule has 1 fully saturated rings. The molecule has 2 aliphatic heterocycles. The van der Waals surface area contributed by atoms with Crippen LogP contribution in [0, 0.1) is 0 Å². The number of halogens is 1. The Bertz CT molecular complexity index is 1790. The number of benzene rings is 4. The van der Waals surface area contributed by atoms with E-state index in [-0.39, 0.29) is 23.0 Å². The standard InChI is InChI=1S/C31H21BrN4O5/c32-20-16-17-24(37)23(18-20)36-28(40)27(39)25(26(38)19-10-4-1-5-11-19)31(36)29(41)34(21-12-6-2-7-13-21)30(33)35(31)22-14-8-3-9-15-22/h1-18,33H,(H2,37,38,39). The fourth-order valence-electron chi connectivity index (χ4n) is 5.34. The maximum atomic E-state index is 14.9. The zero-order chi connectivity index (χ0) is 28.9. The van der Waals surface area contributed by atoms with E-state index in [1.165, 1.54) is 39.8 Å². The van der Waals surface area contributed by atoms with Crippen molar-refractivity contribution in [3.05, 3.63) is 125 Å². The average Bonchev–Trinajstić information content (AvgIpc) is 3.36. The summed E-state index contributed by atoms with van der Waals surface area (Å²) in [5.41, 5.74) is 4.33. The molecule has 202 valence electrons. The highest BCUT2D eigenvalue weighted by molar-refractivity contribution is 9.10. The molecule has 1 atom stereocenters. The Balaban J connectivity index is 1.79. The van der Waals surface area contributed by atoms with Crippen LogP contribution in [0.25, 0.3) is 5.76 Å². The largest absolute Gasteiger partial charge is 0.872 e. The Labute approximate surface area is 242 Å². The number of ketones is 1. The summed E-state index contributed by atoms with van der Waals surface area (Å²) in [7, 11) is 0. The van der Waals surface area contributed by atoms with Crippen molar-refractivity contribution in [2.24, 2.45) is 5.73 Å². The van der Waals surface area contributed by atoms with Gasteiger partial charge < -0.3 is 10.2 Å². The molecule has 0 aromatic heterocycles. The van der Waals surface area contributed by atoms with Crippen LogP contribution in [0.5, 0.6) is 5.75 Å². The molecule has 41 heavy (non-hydrogen) atoms. The number of Topliss-reactive ketones (excluding diaryl/α,β-unsaturated/α-hetero) is 1. The first-order valence-electron chi connectivity index (χ1n) is 12.5. The minimum atomic E-state index is -2.42. The van der Waals surface area contributed by atoms with Crippen molar-refractivity contribution in [1.82, 2.24) is 0 Å². The van der Waals surface area contributed by atoms with E-state index < -0.39 is 34.6 Å². The summed E-state index contributed by atoms with van der Waals surface area (Å²) in [4.78, 5) is 44.9. The topological polar surface area (TPSA) is 130 Å². The molecule has 2 aliphatic rings. The minimum Gasteiger partial charge on any atom is -0.872 e. The second-order valence-corrected chi connectivity index (χ2v) is 10.3. The fourth-order valence-corrected chi connectivity index (χ4v) is 5.69. The second kappa shape index (κ2) is 9.76. The maximum Gasteiger partial charge on any atom is 0.366 e. The highest BCUT2D eigenvalue weighted by atomic mass is 79.9. The Morgan fingerprint density at radius 2 is 1.44 bits per heavy atom. The van der Waals surface area contributed by atoms with Gasteiger partial charge in [0.25, 0.3) is 11.4 Å². The Morgan fingerprint density at radius 3 is 2.07 bits per heavy atom. The number of amides is 2. The molecular formula is C31H21BrN4O5. The molecule has 4 aromatic rings. The van der Waals surface area contributed by atoms with Gasteiger partial charge in [0.2, 0.25) is 0 Å². The highest BCUT2D eigenvalue weighted by Crippen LogP contribution is 2.49. The first-order valence-corrected chi connectivity index (χ1v) is 13.3. The van der Waals surface area contributed by atoms with Crippen LogP contribution < -0.4 is 20.6 Å². The zero-order valence-electron chi connectivity index (χ0n) is 21.3. The molecule has 9 nitrogen and oxygen atoms in total. The molecule has 0 aliphatic carbocycles. The Hall–Kier alpha value is -5.22. The van der Waals surface area contributed by atoms with Gasteiger partial charge in [-0.05, 0) is 48.0 Å². The van der Waals surface area contributed by atoms with Gasteiger partial charge in [-0.2, -0.15) is 9.48 Å². The summed E-state index contributed by atoms with van der Waals surface area (Å²) in [5.74, 6) is -4.56. The monoisotopic (exact) mass is 608 g/mol. The van der Waals surface area contributed by atoms with Crippen molar-refractivity contribution in [2.75, 3.05) is 9.80 Å². The summed E-state index contributed by atoms with van der Waals surface area (Å²) in [6.07, 6.45) is 0. The van der Waals surface area contributed by atoms with Crippen molar-refractivity contribution in [3.63, 3.8) is 0 Å². The van der Waals surface area contributed by atoms with Gasteiger partial charge in [-0.15, -0.1) is 0 Å². The number of nitrogens with two attached hydrogens (primary N) is 1. The Morgan fingerprint density at radius 1 is 0.854 bits per heavy atom. The van der Waals surface area contributed by atoms with Crippen LogP contribution in [0.1, 0.15) is 5.56 Å². The molecular weight excluding hydrogens is 588 g/mol. The molecule has 1 saturated heterocycles. The summed E-state index contributed by atoms with van der Waals surface area (Å²) in [6, 6.07) is 29.1. The molecule has 1 spiro atoms. The van der Waals surface area contributed by atoms with Gasteiger partial charge in [-0.1, -0.05) is 88.4 Å². The number of aromatic hydroxyl groups is 1. The van der Waals surface area contributed by atoms with Gasteiger partial charge in [-0.3, -0.25) is 20.2 Å². The molecule has 3 N–H and O–H groups in total. The third-order valence-electron chi connectivity index (χ3n) is 7.05. The van der Waals surface area contributed by atoms with Crippen molar-refractivity contribution < 1.29 is 29.2 Å². The SMILES string of the molecule is NC1=[N+](c2ccccc2)C2(C(=O)N1c1ccccc1)/C(=C(\[O-])c1ccccc1)C(=O)C(=O)N2c1cc(Br)ccc1O. The number of hydrogen-bond donors (Lipinski definition) is 2. The molecule has 1 unspecified atom stereocenters. The van der Waals surface area contributed by atoms with E-state index in [2.05, 4.69) is 15.9 Å². The van der Waals surface area contributed by atoms with Crippen LogP contribution >= 0.6 is 15.9 Å². The predicted molar refractivity (Wildman–Crippen MR) is 154 cm³/mol. The molecule has 10 heteroatoms. The molecule has 0 saturated carbocycles. The summed E-state index contributed by atoms with van der Waals surface area (Å²) in [5, 5.41) is 25.2. The lowest BCUT2D eigenvalue weighted by atomic mass is 9.93. The quantitative estimate of drug-likeness (QED) is 0.158. The first-order chi connectivity index (χ1) is 19.8. The third-order valence-corrected chi connectivity index (χ3v) is 7.54. The summed E-state index contributed by atoms with van der Waals surface area (Å²) < 4.78 is 1.76. The van der Waals surface area contributed by atoms with Crippen molar-refractivity contribution in [1.29, 1.82) is 0 Å². The number of nitrogens with zero attached hydrogens (tertiary/aromatic N) is 3. The van der Waals surface area contributed by atoms with E-state index in [9.17, 15) is 24.6 Å². The Kier molecular flexibility index (Phi) is 6.19. The van der Waals surface area contributed by atoms with Gasteiger partial charge in [0.1, 0.15) is 17.1 Å². The van der Waals surface area contributed by atoms with Crippen molar-refractivity contribution in [3.8, 4) is 5.75 Å². The van der Waals surface area contributed by atoms with E-state index >= 15 is 0 Å². The number of guanidine groups is 1. The smallest absolute Gasteiger partial charge is 0.366 e. The highest BCUT2D eigenvalue weighted by Gasteiger charge is 2.73. The van der Waals surface area contributed by atoms with E-state index in [0.29, 0.717) is 15.8 Å². The average molecular weight is 609 g/mol. The molecule has 4 aromatic carbocycles. The predicted octanol–water partition coefficient (Wildman–Crippen LogP) is 3.24. The molecule has 2 heterocycles. The van der Waals surface area contributed by atoms with Gasteiger partial charge in [-0.25, -0.2) is 4.79 Å². The number of rotatable bonds is 4. The van der Waals surface area contributed by atoms with Crippen LogP contribution in [-0.2, 0) is 14.4 Å². The number of hydrogen-bond acceptors (Lipinski definition) is 6. The lowest BCUT2D eigenvalue weighted by Crippen LogP contribution is -2.59. The zero-order valence-corrected chi connectivity index (χ0v) is 22.9. The van der Waals surface area contributed by atoms with Gasteiger partial charge in [0, 0.05) is 4.47 Å². The van der Waals surface area contributed by atoms with E-state index in [1.54, 1.807) is 78.9 Å². The first kappa shape index (κ1) is 26.0.